The Morgan fingerprint density at radius 1 is 1.62 bits per heavy atom. The molecule has 1 aromatic heterocycles. The van der Waals surface area contributed by atoms with E-state index >= 15 is 0 Å². The van der Waals surface area contributed by atoms with Crippen molar-refractivity contribution in [3.63, 3.8) is 0 Å². The lowest BCUT2D eigenvalue weighted by Crippen LogP contribution is -2.87. The van der Waals surface area contributed by atoms with Gasteiger partial charge in [0.25, 0.3) is 0 Å². The SMILES string of the molecule is Cc1ccnc(C[C@H]2CCC[NH2+]2)c1. The molecule has 70 valence electrons. The van der Waals surface area contributed by atoms with Crippen LogP contribution in [0.5, 0.6) is 0 Å². The Kier molecular flexibility index (Phi) is 2.60. The summed E-state index contributed by atoms with van der Waals surface area (Å²) in [5, 5.41) is 2.45. The first-order valence-corrected chi connectivity index (χ1v) is 5.09. The van der Waals surface area contributed by atoms with Gasteiger partial charge in [-0.05, 0) is 24.6 Å². The summed E-state index contributed by atoms with van der Waals surface area (Å²) in [6, 6.07) is 5.04. The van der Waals surface area contributed by atoms with E-state index in [1.807, 2.05) is 6.20 Å². The van der Waals surface area contributed by atoms with Gasteiger partial charge in [-0.1, -0.05) is 0 Å². The van der Waals surface area contributed by atoms with Crippen LogP contribution in [0.3, 0.4) is 0 Å². The van der Waals surface area contributed by atoms with Crippen molar-refractivity contribution in [3.05, 3.63) is 29.6 Å². The van der Waals surface area contributed by atoms with E-state index in [0.29, 0.717) is 0 Å². The molecule has 2 heterocycles. The minimum atomic E-state index is 0.786. The third-order valence-electron chi connectivity index (χ3n) is 2.72. The highest BCUT2D eigenvalue weighted by molar-refractivity contribution is 5.14. The molecule has 1 aliphatic heterocycles. The molecule has 1 fully saturated rings. The first-order chi connectivity index (χ1) is 6.34. The van der Waals surface area contributed by atoms with E-state index in [1.165, 1.54) is 30.6 Å². The summed E-state index contributed by atoms with van der Waals surface area (Å²) in [4.78, 5) is 4.38. The van der Waals surface area contributed by atoms with Crippen LogP contribution in [0, 0.1) is 6.92 Å². The zero-order valence-electron chi connectivity index (χ0n) is 8.16. The molecule has 1 aliphatic rings. The van der Waals surface area contributed by atoms with Gasteiger partial charge >= 0.3 is 0 Å². The predicted octanol–water partition coefficient (Wildman–Crippen LogP) is 0.658. The van der Waals surface area contributed by atoms with E-state index in [2.05, 4.69) is 29.4 Å². The molecule has 1 aromatic rings. The third-order valence-corrected chi connectivity index (χ3v) is 2.72. The van der Waals surface area contributed by atoms with Gasteiger partial charge in [0.05, 0.1) is 12.6 Å². The Balaban J connectivity index is 2.00. The highest BCUT2D eigenvalue weighted by atomic mass is 14.9. The summed E-state index contributed by atoms with van der Waals surface area (Å²) in [5.41, 5.74) is 2.58. The number of pyridine rings is 1. The van der Waals surface area contributed by atoms with Crippen molar-refractivity contribution >= 4 is 0 Å². The summed E-state index contributed by atoms with van der Waals surface area (Å²) in [6.45, 7) is 3.43. The number of rotatable bonds is 2. The summed E-state index contributed by atoms with van der Waals surface area (Å²) >= 11 is 0. The monoisotopic (exact) mass is 177 g/mol. The molecule has 0 aliphatic carbocycles. The van der Waals surface area contributed by atoms with Crippen molar-refractivity contribution in [2.75, 3.05) is 6.54 Å². The number of nitrogens with two attached hydrogens (primary N) is 1. The van der Waals surface area contributed by atoms with Gasteiger partial charge < -0.3 is 5.32 Å². The maximum atomic E-state index is 4.38. The molecule has 13 heavy (non-hydrogen) atoms. The normalized spacial score (nSPS) is 22.1. The molecule has 0 aromatic carbocycles. The molecular formula is C11H17N2+. The van der Waals surface area contributed by atoms with Crippen LogP contribution in [0.25, 0.3) is 0 Å². The van der Waals surface area contributed by atoms with Crippen LogP contribution in [0.1, 0.15) is 24.1 Å². The maximum absolute atomic E-state index is 4.38. The van der Waals surface area contributed by atoms with Crippen molar-refractivity contribution in [1.82, 2.24) is 4.98 Å². The fourth-order valence-electron chi connectivity index (χ4n) is 2.02. The van der Waals surface area contributed by atoms with Gasteiger partial charge in [0, 0.05) is 31.2 Å². The fourth-order valence-corrected chi connectivity index (χ4v) is 2.02. The minimum absolute atomic E-state index is 0.786. The van der Waals surface area contributed by atoms with Crippen LogP contribution in [-0.2, 0) is 6.42 Å². The lowest BCUT2D eigenvalue weighted by molar-refractivity contribution is -0.669. The molecule has 0 radical (unpaired) electrons. The zero-order chi connectivity index (χ0) is 9.10. The molecule has 0 saturated carbocycles. The van der Waals surface area contributed by atoms with Crippen LogP contribution < -0.4 is 5.32 Å². The number of hydrogen-bond acceptors (Lipinski definition) is 1. The second kappa shape index (κ2) is 3.88. The van der Waals surface area contributed by atoms with E-state index < -0.39 is 0 Å². The zero-order valence-corrected chi connectivity index (χ0v) is 8.16. The first kappa shape index (κ1) is 8.70. The number of aryl methyl sites for hydroxylation is 1. The molecule has 0 amide bonds. The van der Waals surface area contributed by atoms with Gasteiger partial charge in [-0.3, -0.25) is 4.98 Å². The van der Waals surface area contributed by atoms with E-state index in [-0.39, 0.29) is 0 Å². The van der Waals surface area contributed by atoms with Gasteiger partial charge in [0.1, 0.15) is 0 Å². The number of quaternary nitrogens is 1. The van der Waals surface area contributed by atoms with Crippen LogP contribution in [0.2, 0.25) is 0 Å². The van der Waals surface area contributed by atoms with Crippen molar-refractivity contribution < 1.29 is 5.32 Å². The summed E-state index contributed by atoms with van der Waals surface area (Å²) in [5.74, 6) is 0. The highest BCUT2D eigenvalue weighted by Crippen LogP contribution is 2.06. The van der Waals surface area contributed by atoms with Crippen molar-refractivity contribution in [3.8, 4) is 0 Å². The van der Waals surface area contributed by atoms with E-state index in [1.54, 1.807) is 0 Å². The summed E-state index contributed by atoms with van der Waals surface area (Å²) in [6.07, 6.45) is 5.79. The molecule has 0 unspecified atom stereocenters. The molecule has 2 rings (SSSR count). The Morgan fingerprint density at radius 2 is 2.54 bits per heavy atom. The standard InChI is InChI=1S/C11H16N2/c1-9-4-6-13-11(7-9)8-10-3-2-5-12-10/h4,6-7,10,12H,2-3,5,8H2,1H3/p+1/t10-/m1/s1. The topological polar surface area (TPSA) is 29.5 Å². The fraction of sp³-hybridized carbons (Fsp3) is 0.545. The number of nitrogens with zero attached hydrogens (tertiary/aromatic N) is 1. The maximum Gasteiger partial charge on any atom is 0.0917 e. The van der Waals surface area contributed by atoms with Crippen LogP contribution >= 0.6 is 0 Å². The molecule has 1 saturated heterocycles. The lowest BCUT2D eigenvalue weighted by Gasteiger charge is -2.06. The van der Waals surface area contributed by atoms with Crippen LogP contribution in [0.15, 0.2) is 18.3 Å². The van der Waals surface area contributed by atoms with Crippen molar-refractivity contribution in [2.24, 2.45) is 0 Å². The van der Waals surface area contributed by atoms with Gasteiger partial charge in [-0.15, -0.1) is 0 Å². The Hall–Kier alpha value is -0.890. The smallest absolute Gasteiger partial charge is 0.0917 e. The summed E-state index contributed by atoms with van der Waals surface area (Å²) in [7, 11) is 0. The van der Waals surface area contributed by atoms with Crippen LogP contribution in [0.4, 0.5) is 0 Å². The van der Waals surface area contributed by atoms with E-state index in [4.69, 9.17) is 0 Å². The Labute approximate surface area is 79.4 Å². The lowest BCUT2D eigenvalue weighted by atomic mass is 10.1. The van der Waals surface area contributed by atoms with E-state index in [0.717, 1.165) is 12.5 Å². The number of aromatic nitrogens is 1. The van der Waals surface area contributed by atoms with Crippen LogP contribution in [-0.4, -0.2) is 17.6 Å². The van der Waals surface area contributed by atoms with Gasteiger partial charge in [-0.25, -0.2) is 0 Å². The van der Waals surface area contributed by atoms with Gasteiger partial charge in [-0.2, -0.15) is 0 Å². The predicted molar refractivity (Wildman–Crippen MR) is 52.5 cm³/mol. The molecule has 2 nitrogen and oxygen atoms in total. The largest absolute Gasteiger partial charge is 0.343 e. The van der Waals surface area contributed by atoms with Crippen molar-refractivity contribution in [1.29, 1.82) is 0 Å². The average Bonchev–Trinajstić information content (AvgIpc) is 2.57. The second-order valence-electron chi connectivity index (χ2n) is 3.96. The Morgan fingerprint density at radius 3 is 3.23 bits per heavy atom. The average molecular weight is 177 g/mol. The summed E-state index contributed by atoms with van der Waals surface area (Å²) < 4.78 is 0. The van der Waals surface area contributed by atoms with Gasteiger partial charge in [0.15, 0.2) is 0 Å². The van der Waals surface area contributed by atoms with E-state index in [9.17, 15) is 0 Å². The second-order valence-corrected chi connectivity index (χ2v) is 3.96. The molecular weight excluding hydrogens is 160 g/mol. The molecule has 2 heteroatoms. The molecule has 1 atom stereocenters. The molecule has 0 bridgehead atoms. The van der Waals surface area contributed by atoms with Crippen molar-refractivity contribution in [2.45, 2.75) is 32.2 Å². The van der Waals surface area contributed by atoms with Gasteiger partial charge in [0.2, 0.25) is 0 Å². The molecule has 2 N–H and O–H groups in total. The number of hydrogen-bond donors (Lipinski definition) is 1. The molecule has 0 spiro atoms. The third kappa shape index (κ3) is 2.28. The quantitative estimate of drug-likeness (QED) is 0.706. The first-order valence-electron chi connectivity index (χ1n) is 5.09. The highest BCUT2D eigenvalue weighted by Gasteiger charge is 2.18. The minimum Gasteiger partial charge on any atom is -0.343 e. The Bertz CT molecular complexity index is 277.